The minimum absolute atomic E-state index is 0.142. The van der Waals surface area contributed by atoms with Crippen LogP contribution in [-0.4, -0.2) is 41.9 Å². The van der Waals surface area contributed by atoms with E-state index in [-0.39, 0.29) is 17.3 Å². The first kappa shape index (κ1) is 19.9. The van der Waals surface area contributed by atoms with Gasteiger partial charge in [-0.2, -0.15) is 4.98 Å². The molecule has 3 rings (SSSR count). The standard InChI is InChI=1S/C19H23ClN4O2S/c1-23(2)9-10-24-16-8-4-7-15(16)18(22-19(24)26)27-12-17(25)21-14-6-3-5-13(20)11-14/h3,5-6,11H,4,7-10,12H2,1-2H3,(H,21,25)/p+1. The molecular weight excluding hydrogens is 384 g/mol. The average molecular weight is 408 g/mol. The number of amides is 1. The summed E-state index contributed by atoms with van der Waals surface area (Å²) in [5.74, 6) is 0.0632. The second kappa shape index (κ2) is 8.91. The van der Waals surface area contributed by atoms with Gasteiger partial charge in [-0.15, -0.1) is 0 Å². The van der Waals surface area contributed by atoms with Gasteiger partial charge in [0.1, 0.15) is 5.03 Å². The zero-order valence-electron chi connectivity index (χ0n) is 15.5. The summed E-state index contributed by atoms with van der Waals surface area (Å²) in [6, 6.07) is 7.03. The highest BCUT2D eigenvalue weighted by Crippen LogP contribution is 2.29. The van der Waals surface area contributed by atoms with Gasteiger partial charge in [-0.25, -0.2) is 4.79 Å². The molecule has 0 saturated carbocycles. The lowest BCUT2D eigenvalue weighted by molar-refractivity contribution is -0.859. The zero-order valence-corrected chi connectivity index (χ0v) is 17.1. The van der Waals surface area contributed by atoms with Crippen LogP contribution in [0.3, 0.4) is 0 Å². The number of anilines is 1. The van der Waals surface area contributed by atoms with Crippen molar-refractivity contribution in [1.82, 2.24) is 9.55 Å². The van der Waals surface area contributed by atoms with Gasteiger partial charge in [0.25, 0.3) is 0 Å². The Hall–Kier alpha value is -1.83. The fraction of sp³-hybridized carbons (Fsp3) is 0.421. The van der Waals surface area contributed by atoms with Crippen molar-refractivity contribution in [3.8, 4) is 0 Å². The Morgan fingerprint density at radius 3 is 2.93 bits per heavy atom. The number of nitrogens with zero attached hydrogens (tertiary/aromatic N) is 2. The smallest absolute Gasteiger partial charge is 0.338 e. The van der Waals surface area contributed by atoms with Crippen LogP contribution in [-0.2, 0) is 24.2 Å². The molecule has 1 aliphatic carbocycles. The molecule has 27 heavy (non-hydrogen) atoms. The van der Waals surface area contributed by atoms with Crippen molar-refractivity contribution in [2.24, 2.45) is 0 Å². The number of rotatable bonds is 7. The second-order valence-corrected chi connectivity index (χ2v) is 8.33. The Bertz CT molecular complexity index is 898. The third-order valence-electron chi connectivity index (χ3n) is 4.48. The molecule has 2 N–H and O–H groups in total. The molecule has 144 valence electrons. The predicted octanol–water partition coefficient (Wildman–Crippen LogP) is 1.26. The molecule has 0 saturated heterocycles. The first-order valence-electron chi connectivity index (χ1n) is 9.04. The number of hydrogen-bond donors (Lipinski definition) is 2. The maximum atomic E-state index is 12.5. The van der Waals surface area contributed by atoms with E-state index in [0.29, 0.717) is 22.3 Å². The van der Waals surface area contributed by atoms with Crippen LogP contribution in [0.4, 0.5) is 5.69 Å². The summed E-state index contributed by atoms with van der Waals surface area (Å²) < 4.78 is 1.81. The normalized spacial score (nSPS) is 13.0. The lowest BCUT2D eigenvalue weighted by atomic mass is 10.2. The Balaban J connectivity index is 1.70. The summed E-state index contributed by atoms with van der Waals surface area (Å²) in [5, 5.41) is 4.09. The molecule has 2 aromatic rings. The Morgan fingerprint density at radius 1 is 1.37 bits per heavy atom. The summed E-state index contributed by atoms with van der Waals surface area (Å²) in [5.41, 5.74) is 2.67. The highest BCUT2D eigenvalue weighted by Gasteiger charge is 2.22. The highest BCUT2D eigenvalue weighted by atomic mass is 35.5. The van der Waals surface area contributed by atoms with Crippen LogP contribution in [0.15, 0.2) is 34.1 Å². The third kappa shape index (κ3) is 5.12. The summed E-state index contributed by atoms with van der Waals surface area (Å²) in [6.07, 6.45) is 2.84. The van der Waals surface area contributed by atoms with Crippen molar-refractivity contribution in [1.29, 1.82) is 0 Å². The van der Waals surface area contributed by atoms with Gasteiger partial charge in [0.2, 0.25) is 5.91 Å². The zero-order chi connectivity index (χ0) is 19.4. The van der Waals surface area contributed by atoms with E-state index >= 15 is 0 Å². The number of fused-ring (bicyclic) bond motifs is 1. The number of halogens is 1. The van der Waals surface area contributed by atoms with Crippen LogP contribution in [0.1, 0.15) is 17.7 Å². The number of quaternary nitrogens is 1. The molecule has 1 aromatic heterocycles. The van der Waals surface area contributed by atoms with Crippen LogP contribution < -0.4 is 15.9 Å². The van der Waals surface area contributed by atoms with Crippen molar-refractivity contribution >= 4 is 35.0 Å². The number of nitrogens with one attached hydrogen (secondary N) is 2. The van der Waals surface area contributed by atoms with Crippen LogP contribution in [0.25, 0.3) is 0 Å². The summed E-state index contributed by atoms with van der Waals surface area (Å²) in [7, 11) is 4.14. The molecule has 6 nitrogen and oxygen atoms in total. The molecule has 1 heterocycles. The third-order valence-corrected chi connectivity index (χ3v) is 5.74. The van der Waals surface area contributed by atoms with Gasteiger partial charge in [0, 0.05) is 22.0 Å². The van der Waals surface area contributed by atoms with Gasteiger partial charge in [0.05, 0.1) is 32.9 Å². The Labute approximate surface area is 167 Å². The lowest BCUT2D eigenvalue weighted by Crippen LogP contribution is -3.06. The number of aromatic nitrogens is 2. The van der Waals surface area contributed by atoms with E-state index in [4.69, 9.17) is 11.6 Å². The van der Waals surface area contributed by atoms with E-state index in [2.05, 4.69) is 24.4 Å². The van der Waals surface area contributed by atoms with E-state index in [1.54, 1.807) is 24.3 Å². The Morgan fingerprint density at radius 2 is 2.19 bits per heavy atom. The molecule has 0 fully saturated rings. The average Bonchev–Trinajstić information content (AvgIpc) is 3.08. The molecule has 0 radical (unpaired) electrons. The predicted molar refractivity (Wildman–Crippen MR) is 109 cm³/mol. The summed E-state index contributed by atoms with van der Waals surface area (Å²) in [6.45, 7) is 1.55. The molecule has 1 aromatic carbocycles. The molecule has 0 aliphatic heterocycles. The number of thioether (sulfide) groups is 1. The molecule has 1 amide bonds. The molecule has 0 unspecified atom stereocenters. The maximum absolute atomic E-state index is 12.5. The van der Waals surface area contributed by atoms with Crippen molar-refractivity contribution in [3.63, 3.8) is 0 Å². The molecule has 0 spiro atoms. The number of carbonyl (C=O) groups excluding carboxylic acids is 1. The van der Waals surface area contributed by atoms with E-state index in [1.807, 2.05) is 4.57 Å². The second-order valence-electron chi connectivity index (χ2n) is 6.93. The fourth-order valence-corrected chi connectivity index (χ4v) is 4.24. The van der Waals surface area contributed by atoms with Crippen molar-refractivity contribution in [2.75, 3.05) is 31.7 Å². The quantitative estimate of drug-likeness (QED) is 0.535. The van der Waals surface area contributed by atoms with Crippen LogP contribution in [0.2, 0.25) is 5.02 Å². The van der Waals surface area contributed by atoms with Crippen LogP contribution in [0, 0.1) is 0 Å². The van der Waals surface area contributed by atoms with Gasteiger partial charge < -0.3 is 10.2 Å². The minimum atomic E-state index is -0.213. The summed E-state index contributed by atoms with van der Waals surface area (Å²) >= 11 is 7.27. The first-order valence-corrected chi connectivity index (χ1v) is 10.4. The highest BCUT2D eigenvalue weighted by molar-refractivity contribution is 8.00. The van der Waals surface area contributed by atoms with Crippen LogP contribution in [0.5, 0.6) is 0 Å². The topological polar surface area (TPSA) is 68.4 Å². The fourth-order valence-electron chi connectivity index (χ4n) is 3.17. The van der Waals surface area contributed by atoms with Gasteiger partial charge in [-0.05, 0) is 37.5 Å². The SMILES string of the molecule is C[NH+](C)CCn1c2c(c(SCC(=O)Nc3cccc(Cl)c3)nc1=O)CCC2. The van der Waals surface area contributed by atoms with E-state index < -0.39 is 0 Å². The largest absolute Gasteiger partial charge is 0.349 e. The number of hydrogen-bond acceptors (Lipinski definition) is 4. The molecule has 1 aliphatic rings. The minimum Gasteiger partial charge on any atom is -0.338 e. The monoisotopic (exact) mass is 407 g/mol. The van der Waals surface area contributed by atoms with Crippen LogP contribution >= 0.6 is 23.4 Å². The van der Waals surface area contributed by atoms with Gasteiger partial charge in [-0.3, -0.25) is 9.36 Å². The summed E-state index contributed by atoms with van der Waals surface area (Å²) in [4.78, 5) is 30.3. The van der Waals surface area contributed by atoms with Crippen molar-refractivity contribution in [3.05, 3.63) is 51.0 Å². The number of likely N-dealkylation sites (N-methyl/N-ethyl adjacent to an activating group) is 1. The van der Waals surface area contributed by atoms with Gasteiger partial charge >= 0.3 is 5.69 Å². The lowest BCUT2D eigenvalue weighted by Gasteiger charge is -2.15. The Kier molecular flexibility index (Phi) is 6.57. The number of carbonyl (C=O) groups is 1. The van der Waals surface area contributed by atoms with Crippen molar-refractivity contribution < 1.29 is 9.69 Å². The molecule has 0 atom stereocenters. The maximum Gasteiger partial charge on any atom is 0.349 e. The van der Waals surface area contributed by atoms with Gasteiger partial charge in [-0.1, -0.05) is 29.4 Å². The molecular formula is C19H24ClN4O2S+. The molecule has 0 bridgehead atoms. The van der Waals surface area contributed by atoms with E-state index in [9.17, 15) is 9.59 Å². The number of benzene rings is 1. The molecule has 8 heteroatoms. The first-order chi connectivity index (χ1) is 12.9. The van der Waals surface area contributed by atoms with Gasteiger partial charge in [0.15, 0.2) is 0 Å². The van der Waals surface area contributed by atoms with E-state index in [0.717, 1.165) is 37.1 Å². The van der Waals surface area contributed by atoms with E-state index in [1.165, 1.54) is 16.7 Å². The van der Waals surface area contributed by atoms with Crippen molar-refractivity contribution in [2.45, 2.75) is 30.8 Å².